The number of thiazole rings is 1. The minimum absolute atomic E-state index is 0.347. The predicted molar refractivity (Wildman–Crippen MR) is 77.0 cm³/mol. The Labute approximate surface area is 112 Å². The molecule has 1 unspecified atom stereocenters. The molecule has 3 nitrogen and oxygen atoms in total. The summed E-state index contributed by atoms with van der Waals surface area (Å²) in [5.74, 6) is 0. The summed E-state index contributed by atoms with van der Waals surface area (Å²) in [6.45, 7) is 8.28. The van der Waals surface area contributed by atoms with Crippen molar-refractivity contribution in [1.29, 1.82) is 0 Å². The lowest BCUT2D eigenvalue weighted by Gasteiger charge is -2.07. The molecule has 0 aromatic carbocycles. The normalized spacial score (nSPS) is 12.7. The molecule has 2 aromatic heterocycles. The highest BCUT2D eigenvalue weighted by Crippen LogP contribution is 2.31. The molecule has 18 heavy (non-hydrogen) atoms. The summed E-state index contributed by atoms with van der Waals surface area (Å²) in [5, 5.41) is 4.35. The molecular weight excluding hydrogens is 242 g/mol. The van der Waals surface area contributed by atoms with Crippen molar-refractivity contribution < 1.29 is 0 Å². The number of aromatic nitrogens is 2. The van der Waals surface area contributed by atoms with Gasteiger partial charge in [-0.1, -0.05) is 0 Å². The second kappa shape index (κ2) is 5.16. The Hall–Kier alpha value is -1.26. The van der Waals surface area contributed by atoms with Gasteiger partial charge in [-0.25, -0.2) is 4.98 Å². The highest BCUT2D eigenvalue weighted by Gasteiger charge is 2.14. The molecule has 96 valence electrons. The van der Waals surface area contributed by atoms with Crippen LogP contribution in [0.5, 0.6) is 0 Å². The minimum atomic E-state index is 0.347. The van der Waals surface area contributed by atoms with E-state index in [-0.39, 0.29) is 0 Å². The van der Waals surface area contributed by atoms with Crippen LogP contribution in [-0.4, -0.2) is 17.0 Å². The molecule has 0 saturated heterocycles. The third-order valence-corrected chi connectivity index (χ3v) is 4.38. The van der Waals surface area contributed by atoms with Crippen molar-refractivity contribution in [2.45, 2.75) is 33.7 Å². The molecule has 0 fully saturated rings. The van der Waals surface area contributed by atoms with Crippen molar-refractivity contribution in [1.82, 2.24) is 15.3 Å². The third-order valence-electron chi connectivity index (χ3n) is 2.99. The SMILES string of the molecule is CNC(C)c1sc(-c2cc(C)nc(C)c2)nc1C. The number of nitrogens with one attached hydrogen (secondary N) is 1. The Morgan fingerprint density at radius 1 is 1.11 bits per heavy atom. The molecular formula is C14H19N3S. The van der Waals surface area contributed by atoms with Gasteiger partial charge in [0.25, 0.3) is 0 Å². The zero-order valence-corrected chi connectivity index (χ0v) is 12.4. The van der Waals surface area contributed by atoms with Gasteiger partial charge in [0.15, 0.2) is 0 Å². The quantitative estimate of drug-likeness (QED) is 0.920. The first-order valence-corrected chi connectivity index (χ1v) is 6.93. The smallest absolute Gasteiger partial charge is 0.124 e. The van der Waals surface area contributed by atoms with Crippen LogP contribution in [0, 0.1) is 20.8 Å². The minimum Gasteiger partial charge on any atom is -0.312 e. The van der Waals surface area contributed by atoms with Gasteiger partial charge in [0, 0.05) is 27.9 Å². The van der Waals surface area contributed by atoms with E-state index in [1.165, 1.54) is 10.4 Å². The molecule has 1 atom stereocenters. The summed E-state index contributed by atoms with van der Waals surface area (Å²) in [6.07, 6.45) is 0. The van der Waals surface area contributed by atoms with Crippen molar-refractivity contribution in [3.8, 4) is 10.6 Å². The third kappa shape index (κ3) is 2.60. The fraction of sp³-hybridized carbons (Fsp3) is 0.429. The second-order valence-corrected chi connectivity index (χ2v) is 5.65. The average molecular weight is 261 g/mol. The van der Waals surface area contributed by atoms with E-state index >= 15 is 0 Å². The topological polar surface area (TPSA) is 37.8 Å². The number of hydrogen-bond donors (Lipinski definition) is 1. The first-order valence-electron chi connectivity index (χ1n) is 6.11. The van der Waals surface area contributed by atoms with Gasteiger partial charge in [-0.2, -0.15) is 0 Å². The van der Waals surface area contributed by atoms with Gasteiger partial charge >= 0.3 is 0 Å². The molecule has 0 aliphatic rings. The van der Waals surface area contributed by atoms with Crippen LogP contribution in [0.15, 0.2) is 12.1 Å². The molecule has 0 amide bonds. The summed E-state index contributed by atoms with van der Waals surface area (Å²) < 4.78 is 0. The van der Waals surface area contributed by atoms with Crippen LogP contribution in [0.2, 0.25) is 0 Å². The van der Waals surface area contributed by atoms with Crippen LogP contribution in [0.4, 0.5) is 0 Å². The highest BCUT2D eigenvalue weighted by molar-refractivity contribution is 7.15. The van der Waals surface area contributed by atoms with E-state index in [9.17, 15) is 0 Å². The van der Waals surface area contributed by atoms with Crippen molar-refractivity contribution >= 4 is 11.3 Å². The van der Waals surface area contributed by atoms with E-state index in [1.807, 2.05) is 20.9 Å². The van der Waals surface area contributed by atoms with Crippen molar-refractivity contribution in [2.24, 2.45) is 0 Å². The van der Waals surface area contributed by atoms with Gasteiger partial charge in [0.05, 0.1) is 5.69 Å². The predicted octanol–water partition coefficient (Wildman–Crippen LogP) is 3.41. The molecule has 0 aliphatic carbocycles. The molecule has 1 N–H and O–H groups in total. The van der Waals surface area contributed by atoms with E-state index in [0.29, 0.717) is 6.04 Å². The van der Waals surface area contributed by atoms with Crippen LogP contribution < -0.4 is 5.32 Å². The number of rotatable bonds is 3. The molecule has 0 spiro atoms. The highest BCUT2D eigenvalue weighted by atomic mass is 32.1. The maximum absolute atomic E-state index is 4.68. The lowest BCUT2D eigenvalue weighted by Crippen LogP contribution is -2.11. The molecule has 0 aliphatic heterocycles. The second-order valence-electron chi connectivity index (χ2n) is 4.62. The molecule has 2 aromatic rings. The average Bonchev–Trinajstić information content (AvgIpc) is 2.69. The molecule has 2 rings (SSSR count). The van der Waals surface area contributed by atoms with E-state index < -0.39 is 0 Å². The van der Waals surface area contributed by atoms with Gasteiger partial charge in [0.1, 0.15) is 5.01 Å². The van der Waals surface area contributed by atoms with Gasteiger partial charge < -0.3 is 5.32 Å². The molecule has 2 heterocycles. The summed E-state index contributed by atoms with van der Waals surface area (Å²) in [7, 11) is 1.98. The maximum atomic E-state index is 4.68. The molecule has 0 bridgehead atoms. The summed E-state index contributed by atoms with van der Waals surface area (Å²) in [5.41, 5.74) is 4.37. The zero-order chi connectivity index (χ0) is 13.3. The Kier molecular flexibility index (Phi) is 3.78. The van der Waals surface area contributed by atoms with E-state index in [0.717, 1.165) is 22.1 Å². The van der Waals surface area contributed by atoms with Gasteiger partial charge in [-0.15, -0.1) is 11.3 Å². The first kappa shape index (κ1) is 13.2. The summed E-state index contributed by atoms with van der Waals surface area (Å²) >= 11 is 1.76. The lowest BCUT2D eigenvalue weighted by molar-refractivity contribution is 0.658. The number of aryl methyl sites for hydroxylation is 3. The summed E-state index contributed by atoms with van der Waals surface area (Å²) in [4.78, 5) is 10.4. The van der Waals surface area contributed by atoms with Gasteiger partial charge in [-0.05, 0) is 46.9 Å². The van der Waals surface area contributed by atoms with E-state index in [1.54, 1.807) is 11.3 Å². The van der Waals surface area contributed by atoms with E-state index in [4.69, 9.17) is 0 Å². The number of hydrogen-bond acceptors (Lipinski definition) is 4. The van der Waals surface area contributed by atoms with Crippen LogP contribution in [-0.2, 0) is 0 Å². The van der Waals surface area contributed by atoms with Crippen LogP contribution in [0.25, 0.3) is 10.6 Å². The molecule has 0 radical (unpaired) electrons. The molecule has 4 heteroatoms. The number of pyridine rings is 1. The van der Waals surface area contributed by atoms with Crippen LogP contribution >= 0.6 is 11.3 Å². The van der Waals surface area contributed by atoms with Crippen molar-refractivity contribution in [3.63, 3.8) is 0 Å². The monoisotopic (exact) mass is 261 g/mol. The van der Waals surface area contributed by atoms with Gasteiger partial charge in [0.2, 0.25) is 0 Å². The Morgan fingerprint density at radius 3 is 2.28 bits per heavy atom. The van der Waals surface area contributed by atoms with Crippen LogP contribution in [0.1, 0.15) is 34.9 Å². The first-order chi connectivity index (χ1) is 8.51. The van der Waals surface area contributed by atoms with Crippen LogP contribution in [0.3, 0.4) is 0 Å². The Morgan fingerprint density at radius 2 is 1.72 bits per heavy atom. The lowest BCUT2D eigenvalue weighted by atomic mass is 10.2. The molecule has 0 saturated carbocycles. The van der Waals surface area contributed by atoms with E-state index in [2.05, 4.69) is 41.3 Å². The standard InChI is InChI=1S/C14H19N3S/c1-8-6-12(7-9(2)16-8)14-17-11(4)13(18-14)10(3)15-5/h6-7,10,15H,1-5H3. The zero-order valence-electron chi connectivity index (χ0n) is 11.5. The Bertz CT molecular complexity index is 540. The Balaban J connectivity index is 2.45. The fourth-order valence-corrected chi connectivity index (χ4v) is 3.14. The number of nitrogens with zero attached hydrogens (tertiary/aromatic N) is 2. The fourth-order valence-electron chi connectivity index (χ4n) is 2.02. The van der Waals surface area contributed by atoms with Gasteiger partial charge in [-0.3, -0.25) is 4.98 Å². The maximum Gasteiger partial charge on any atom is 0.124 e. The largest absolute Gasteiger partial charge is 0.312 e. The summed E-state index contributed by atoms with van der Waals surface area (Å²) in [6, 6.07) is 4.54. The van der Waals surface area contributed by atoms with Crippen molar-refractivity contribution in [3.05, 3.63) is 34.1 Å². The van der Waals surface area contributed by atoms with Crippen molar-refractivity contribution in [2.75, 3.05) is 7.05 Å².